The number of nitrogens with one attached hydrogen (secondary N) is 2. The van der Waals surface area contributed by atoms with Crippen molar-refractivity contribution in [1.29, 1.82) is 0 Å². The van der Waals surface area contributed by atoms with Gasteiger partial charge in [-0.15, -0.1) is 0 Å². The van der Waals surface area contributed by atoms with Crippen molar-refractivity contribution in [2.75, 3.05) is 18.7 Å². The van der Waals surface area contributed by atoms with E-state index >= 15 is 0 Å². The highest BCUT2D eigenvalue weighted by atomic mass is 32.2. The van der Waals surface area contributed by atoms with Crippen LogP contribution in [0.25, 0.3) is 0 Å². The number of anilines is 1. The van der Waals surface area contributed by atoms with Crippen LogP contribution in [0.5, 0.6) is 11.5 Å². The molecule has 1 amide bonds. The Morgan fingerprint density at radius 3 is 2.62 bits per heavy atom. The van der Waals surface area contributed by atoms with Crippen molar-refractivity contribution in [3.05, 3.63) is 48.0 Å². The second-order valence-electron chi connectivity index (χ2n) is 5.27. The topological polar surface area (TPSA) is 131 Å². The summed E-state index contributed by atoms with van der Waals surface area (Å²) in [5.74, 6) is -0.805. The molecule has 10 heteroatoms. The second kappa shape index (κ2) is 7.02. The Labute approximate surface area is 148 Å². The molecule has 26 heavy (non-hydrogen) atoms. The summed E-state index contributed by atoms with van der Waals surface area (Å²) < 4.78 is 36.9. The average molecular weight is 378 g/mol. The third-order valence-corrected chi connectivity index (χ3v) is 4.87. The van der Waals surface area contributed by atoms with Gasteiger partial charge < -0.3 is 19.9 Å². The zero-order valence-electron chi connectivity index (χ0n) is 13.3. The molecule has 0 bridgehead atoms. The normalized spacial score (nSPS) is 12.6. The van der Waals surface area contributed by atoms with E-state index in [-0.39, 0.29) is 17.3 Å². The maximum atomic E-state index is 12.2. The van der Waals surface area contributed by atoms with Gasteiger partial charge in [-0.05, 0) is 30.3 Å². The zero-order valence-corrected chi connectivity index (χ0v) is 14.1. The first kappa shape index (κ1) is 17.7. The van der Waals surface area contributed by atoms with Crippen LogP contribution in [0.1, 0.15) is 10.4 Å². The predicted molar refractivity (Wildman–Crippen MR) is 89.8 cm³/mol. The number of rotatable bonds is 6. The van der Waals surface area contributed by atoms with Crippen LogP contribution in [-0.4, -0.2) is 38.7 Å². The number of benzene rings is 2. The molecular formula is C16H14N2O7S. The molecule has 0 spiro atoms. The Hall–Kier alpha value is -3.11. The highest BCUT2D eigenvalue weighted by Crippen LogP contribution is 2.34. The van der Waals surface area contributed by atoms with Crippen LogP contribution < -0.4 is 19.5 Å². The lowest BCUT2D eigenvalue weighted by Crippen LogP contribution is -2.33. The number of sulfonamides is 1. The lowest BCUT2D eigenvalue weighted by molar-refractivity contribution is -0.115. The van der Waals surface area contributed by atoms with Crippen molar-refractivity contribution < 1.29 is 32.6 Å². The largest absolute Gasteiger partial charge is 0.478 e. The van der Waals surface area contributed by atoms with Crippen LogP contribution in [0.2, 0.25) is 0 Å². The van der Waals surface area contributed by atoms with Gasteiger partial charge in [0.05, 0.1) is 17.0 Å². The first-order chi connectivity index (χ1) is 12.3. The summed E-state index contributed by atoms with van der Waals surface area (Å²) in [6.07, 6.45) is 0. The Balaban J connectivity index is 1.63. The van der Waals surface area contributed by atoms with E-state index in [4.69, 9.17) is 14.6 Å². The lowest BCUT2D eigenvalue weighted by atomic mass is 10.2. The van der Waals surface area contributed by atoms with E-state index in [2.05, 4.69) is 10.0 Å². The van der Waals surface area contributed by atoms with E-state index in [0.717, 1.165) is 6.07 Å². The zero-order chi connectivity index (χ0) is 18.7. The van der Waals surface area contributed by atoms with Gasteiger partial charge in [-0.25, -0.2) is 17.9 Å². The molecule has 3 N–H and O–H groups in total. The summed E-state index contributed by atoms with van der Waals surface area (Å²) in [5.41, 5.74) is 0.254. The van der Waals surface area contributed by atoms with Gasteiger partial charge in [-0.3, -0.25) is 4.79 Å². The molecule has 0 aromatic heterocycles. The molecule has 0 fully saturated rings. The molecule has 0 radical (unpaired) electrons. The number of amides is 1. The summed E-state index contributed by atoms with van der Waals surface area (Å²) >= 11 is 0. The van der Waals surface area contributed by atoms with Gasteiger partial charge >= 0.3 is 5.97 Å². The van der Waals surface area contributed by atoms with E-state index in [1.165, 1.54) is 18.2 Å². The Bertz CT molecular complexity index is 972. The van der Waals surface area contributed by atoms with Crippen molar-refractivity contribution in [1.82, 2.24) is 4.72 Å². The van der Waals surface area contributed by atoms with Crippen LogP contribution in [0.3, 0.4) is 0 Å². The van der Waals surface area contributed by atoms with E-state index in [1.807, 2.05) is 0 Å². The summed E-state index contributed by atoms with van der Waals surface area (Å²) in [4.78, 5) is 22.7. The van der Waals surface area contributed by atoms with Gasteiger partial charge in [0, 0.05) is 11.8 Å². The number of aromatic carboxylic acids is 1. The van der Waals surface area contributed by atoms with Crippen LogP contribution >= 0.6 is 0 Å². The standard InChI is InChI=1S/C16H14N2O7S/c19-15(18-11-4-5-13-14(7-11)25-9-24-13)8-17-26(22,23)12-3-1-2-10(6-12)16(20)21/h1-7,17H,8-9H2,(H,18,19)(H,20,21). The number of carbonyl (C=O) groups is 2. The summed E-state index contributed by atoms with van der Waals surface area (Å²) in [6, 6.07) is 9.62. The average Bonchev–Trinajstić information content (AvgIpc) is 3.08. The number of hydrogen-bond acceptors (Lipinski definition) is 6. The third-order valence-electron chi connectivity index (χ3n) is 3.47. The van der Waals surface area contributed by atoms with E-state index in [9.17, 15) is 18.0 Å². The van der Waals surface area contributed by atoms with Crippen molar-refractivity contribution >= 4 is 27.6 Å². The minimum Gasteiger partial charge on any atom is -0.478 e. The molecule has 0 unspecified atom stereocenters. The van der Waals surface area contributed by atoms with Crippen LogP contribution in [0.4, 0.5) is 5.69 Å². The van der Waals surface area contributed by atoms with Gasteiger partial charge in [0.1, 0.15) is 0 Å². The predicted octanol–water partition coefficient (Wildman–Crippen LogP) is 1.03. The van der Waals surface area contributed by atoms with Gasteiger partial charge in [0.15, 0.2) is 11.5 Å². The van der Waals surface area contributed by atoms with Gasteiger partial charge in [0.2, 0.25) is 22.7 Å². The van der Waals surface area contributed by atoms with Crippen LogP contribution in [0, 0.1) is 0 Å². The monoisotopic (exact) mass is 378 g/mol. The van der Waals surface area contributed by atoms with E-state index in [0.29, 0.717) is 17.2 Å². The fourth-order valence-electron chi connectivity index (χ4n) is 2.22. The van der Waals surface area contributed by atoms with Crippen molar-refractivity contribution in [3.63, 3.8) is 0 Å². The molecule has 1 aliphatic heterocycles. The molecule has 1 heterocycles. The molecule has 3 rings (SSSR count). The number of carboxylic acids is 1. The lowest BCUT2D eigenvalue weighted by Gasteiger charge is -2.09. The summed E-state index contributed by atoms with van der Waals surface area (Å²) in [7, 11) is -4.03. The van der Waals surface area contributed by atoms with Crippen LogP contribution in [-0.2, 0) is 14.8 Å². The highest BCUT2D eigenvalue weighted by molar-refractivity contribution is 7.89. The van der Waals surface area contributed by atoms with Crippen LogP contribution in [0.15, 0.2) is 47.4 Å². The maximum absolute atomic E-state index is 12.2. The van der Waals surface area contributed by atoms with E-state index in [1.54, 1.807) is 18.2 Å². The molecule has 1 aliphatic rings. The fourth-order valence-corrected chi connectivity index (χ4v) is 3.25. The minimum atomic E-state index is -4.03. The molecule has 0 saturated heterocycles. The first-order valence-electron chi connectivity index (χ1n) is 7.38. The van der Waals surface area contributed by atoms with Crippen molar-refractivity contribution in [2.24, 2.45) is 0 Å². The molecule has 2 aromatic rings. The highest BCUT2D eigenvalue weighted by Gasteiger charge is 2.18. The number of hydrogen-bond donors (Lipinski definition) is 3. The second-order valence-corrected chi connectivity index (χ2v) is 7.04. The Kier molecular flexibility index (Phi) is 4.78. The van der Waals surface area contributed by atoms with E-state index < -0.39 is 28.4 Å². The number of carboxylic acid groups (broad SMARTS) is 1. The molecule has 0 saturated carbocycles. The smallest absolute Gasteiger partial charge is 0.335 e. The van der Waals surface area contributed by atoms with Gasteiger partial charge in [-0.2, -0.15) is 0 Å². The molecule has 0 aliphatic carbocycles. The number of ether oxygens (including phenoxy) is 2. The molecule has 0 atom stereocenters. The number of fused-ring (bicyclic) bond motifs is 1. The molecule has 2 aromatic carbocycles. The summed E-state index contributed by atoms with van der Waals surface area (Å²) in [5, 5.41) is 11.5. The quantitative estimate of drug-likeness (QED) is 0.684. The summed E-state index contributed by atoms with van der Waals surface area (Å²) in [6.45, 7) is -0.421. The van der Waals surface area contributed by atoms with Crippen molar-refractivity contribution in [2.45, 2.75) is 4.90 Å². The minimum absolute atomic E-state index is 0.0991. The Morgan fingerprint density at radius 2 is 1.85 bits per heavy atom. The number of carbonyl (C=O) groups excluding carboxylic acids is 1. The molecular weight excluding hydrogens is 364 g/mol. The molecule has 9 nitrogen and oxygen atoms in total. The van der Waals surface area contributed by atoms with Gasteiger partial charge in [0.25, 0.3) is 0 Å². The first-order valence-corrected chi connectivity index (χ1v) is 8.86. The SMILES string of the molecule is O=C(CNS(=O)(=O)c1cccc(C(=O)O)c1)Nc1ccc2c(c1)OCO2. The van der Waals surface area contributed by atoms with Crippen molar-refractivity contribution in [3.8, 4) is 11.5 Å². The Morgan fingerprint density at radius 1 is 1.08 bits per heavy atom. The third kappa shape index (κ3) is 3.92. The van der Waals surface area contributed by atoms with Gasteiger partial charge in [-0.1, -0.05) is 6.07 Å². The maximum Gasteiger partial charge on any atom is 0.335 e. The molecule has 136 valence electrons. The fraction of sp³-hybridized carbons (Fsp3) is 0.125.